The van der Waals surface area contributed by atoms with Crippen LogP contribution in [0, 0.1) is 12.8 Å². The van der Waals surface area contributed by atoms with Crippen LogP contribution in [0.3, 0.4) is 0 Å². The maximum absolute atomic E-state index is 11.8. The van der Waals surface area contributed by atoms with Gasteiger partial charge in [-0.3, -0.25) is 9.48 Å². The summed E-state index contributed by atoms with van der Waals surface area (Å²) in [5, 5.41) is 7.10. The second-order valence-electron chi connectivity index (χ2n) is 4.28. The lowest BCUT2D eigenvalue weighted by molar-refractivity contribution is -0.124. The molecule has 0 aliphatic heterocycles. The molecule has 1 fully saturated rings. The molecule has 1 atom stereocenters. The van der Waals surface area contributed by atoms with Crippen LogP contribution in [-0.2, 0) is 4.79 Å². The van der Waals surface area contributed by atoms with Crippen LogP contribution in [0.2, 0.25) is 0 Å². The molecule has 1 aliphatic carbocycles. The second-order valence-corrected chi connectivity index (χ2v) is 4.28. The number of hydrogen-bond donors (Lipinski definition) is 1. The van der Waals surface area contributed by atoms with Gasteiger partial charge in [-0.25, -0.2) is 0 Å². The number of aromatic nitrogens is 2. The van der Waals surface area contributed by atoms with Gasteiger partial charge in [-0.05, 0) is 38.7 Å². The molecule has 0 spiro atoms. The predicted octanol–water partition coefficient (Wildman–Crippen LogP) is 1.28. The summed E-state index contributed by atoms with van der Waals surface area (Å²) in [4.78, 5) is 11.8. The zero-order valence-electron chi connectivity index (χ0n) is 9.23. The summed E-state index contributed by atoms with van der Waals surface area (Å²) < 4.78 is 1.75. The van der Waals surface area contributed by atoms with E-state index in [9.17, 15) is 4.79 Å². The van der Waals surface area contributed by atoms with Crippen molar-refractivity contribution in [2.45, 2.75) is 32.7 Å². The Bertz CT molecular complexity index is 354. The molecule has 15 heavy (non-hydrogen) atoms. The third-order valence-electron chi connectivity index (χ3n) is 2.88. The van der Waals surface area contributed by atoms with E-state index in [2.05, 4.69) is 10.4 Å². The molecular weight excluding hydrogens is 190 g/mol. The fourth-order valence-corrected chi connectivity index (χ4v) is 1.61. The van der Waals surface area contributed by atoms with Gasteiger partial charge in [0.25, 0.3) is 0 Å². The highest BCUT2D eigenvalue weighted by Crippen LogP contribution is 2.27. The molecule has 1 N–H and O–H groups in total. The van der Waals surface area contributed by atoms with E-state index in [0.717, 1.165) is 18.2 Å². The van der Waals surface area contributed by atoms with Gasteiger partial charge in [0, 0.05) is 18.4 Å². The summed E-state index contributed by atoms with van der Waals surface area (Å²) >= 11 is 0. The van der Waals surface area contributed by atoms with Gasteiger partial charge >= 0.3 is 0 Å². The highest BCUT2D eigenvalue weighted by atomic mass is 16.2. The van der Waals surface area contributed by atoms with Gasteiger partial charge in [-0.15, -0.1) is 0 Å². The lowest BCUT2D eigenvalue weighted by Gasteiger charge is -2.14. The van der Waals surface area contributed by atoms with E-state index >= 15 is 0 Å². The summed E-state index contributed by atoms with van der Waals surface area (Å²) in [6.45, 7) is 4.66. The van der Waals surface area contributed by atoms with Crippen molar-refractivity contribution < 1.29 is 4.79 Å². The van der Waals surface area contributed by atoms with E-state index in [1.165, 1.54) is 12.8 Å². The Morgan fingerprint density at radius 1 is 1.73 bits per heavy atom. The van der Waals surface area contributed by atoms with E-state index in [4.69, 9.17) is 0 Å². The highest BCUT2D eigenvalue weighted by molar-refractivity contribution is 5.79. The van der Waals surface area contributed by atoms with E-state index in [1.54, 1.807) is 10.9 Å². The third-order valence-corrected chi connectivity index (χ3v) is 2.88. The van der Waals surface area contributed by atoms with Gasteiger partial charge < -0.3 is 5.32 Å². The zero-order chi connectivity index (χ0) is 10.8. The Balaban J connectivity index is 1.91. The lowest BCUT2D eigenvalue weighted by Crippen LogP contribution is -2.33. The van der Waals surface area contributed by atoms with Crippen molar-refractivity contribution in [3.05, 3.63) is 18.0 Å². The van der Waals surface area contributed by atoms with Crippen molar-refractivity contribution in [1.82, 2.24) is 15.1 Å². The van der Waals surface area contributed by atoms with Crippen LogP contribution in [0.25, 0.3) is 0 Å². The van der Waals surface area contributed by atoms with E-state index in [0.29, 0.717) is 0 Å². The smallest absolute Gasteiger partial charge is 0.244 e. The molecule has 0 bridgehead atoms. The molecule has 1 aromatic heterocycles. The van der Waals surface area contributed by atoms with Crippen LogP contribution < -0.4 is 5.32 Å². The molecule has 4 nitrogen and oxygen atoms in total. The lowest BCUT2D eigenvalue weighted by atomic mass is 10.3. The van der Waals surface area contributed by atoms with Crippen molar-refractivity contribution >= 4 is 5.91 Å². The summed E-state index contributed by atoms with van der Waals surface area (Å²) in [5.41, 5.74) is 1.02. The first-order valence-corrected chi connectivity index (χ1v) is 5.46. The number of nitrogens with zero attached hydrogens (tertiary/aromatic N) is 2. The Morgan fingerprint density at radius 3 is 3.00 bits per heavy atom. The fourth-order valence-electron chi connectivity index (χ4n) is 1.61. The number of amides is 1. The van der Waals surface area contributed by atoms with Crippen molar-refractivity contribution in [2.75, 3.05) is 6.54 Å². The topological polar surface area (TPSA) is 46.9 Å². The third kappa shape index (κ3) is 2.37. The summed E-state index contributed by atoms with van der Waals surface area (Å²) in [5.74, 6) is 0.786. The zero-order valence-corrected chi connectivity index (χ0v) is 9.23. The van der Waals surface area contributed by atoms with Gasteiger partial charge in [0.1, 0.15) is 6.04 Å². The molecule has 0 radical (unpaired) electrons. The summed E-state index contributed by atoms with van der Waals surface area (Å²) in [6, 6.07) is 1.70. The molecule has 1 unspecified atom stereocenters. The SMILES string of the molecule is Cc1ccnn1C(C)C(=O)NCC1CC1. The van der Waals surface area contributed by atoms with Crippen LogP contribution in [0.15, 0.2) is 12.3 Å². The average Bonchev–Trinajstić information content (AvgIpc) is 2.96. The maximum atomic E-state index is 11.8. The minimum atomic E-state index is -0.209. The Hall–Kier alpha value is -1.32. The first-order chi connectivity index (χ1) is 7.18. The molecule has 0 aromatic carbocycles. The molecule has 1 heterocycles. The second kappa shape index (κ2) is 4.04. The largest absolute Gasteiger partial charge is 0.354 e. The van der Waals surface area contributed by atoms with Gasteiger partial charge in [-0.1, -0.05) is 0 Å². The monoisotopic (exact) mass is 207 g/mol. The minimum absolute atomic E-state index is 0.0636. The van der Waals surface area contributed by atoms with E-state index < -0.39 is 0 Å². The molecular formula is C11H17N3O. The number of hydrogen-bond acceptors (Lipinski definition) is 2. The maximum Gasteiger partial charge on any atom is 0.244 e. The van der Waals surface area contributed by atoms with Crippen LogP contribution in [0.5, 0.6) is 0 Å². The van der Waals surface area contributed by atoms with Gasteiger partial charge in [0.15, 0.2) is 0 Å². The fraction of sp³-hybridized carbons (Fsp3) is 0.636. The number of rotatable bonds is 4. The van der Waals surface area contributed by atoms with E-state index in [-0.39, 0.29) is 11.9 Å². The molecule has 2 rings (SSSR count). The van der Waals surface area contributed by atoms with Crippen molar-refractivity contribution in [3.8, 4) is 0 Å². The first-order valence-electron chi connectivity index (χ1n) is 5.46. The van der Waals surface area contributed by atoms with Crippen molar-refractivity contribution in [2.24, 2.45) is 5.92 Å². The summed E-state index contributed by atoms with van der Waals surface area (Å²) in [7, 11) is 0. The van der Waals surface area contributed by atoms with Crippen LogP contribution in [0.4, 0.5) is 0 Å². The van der Waals surface area contributed by atoms with Crippen LogP contribution >= 0.6 is 0 Å². The molecule has 1 aliphatic rings. The molecule has 4 heteroatoms. The Labute approximate surface area is 89.7 Å². The van der Waals surface area contributed by atoms with Crippen LogP contribution in [-0.4, -0.2) is 22.2 Å². The molecule has 1 amide bonds. The Kier molecular flexibility index (Phi) is 2.75. The predicted molar refractivity (Wildman–Crippen MR) is 57.4 cm³/mol. The molecule has 1 saturated carbocycles. The number of carbonyl (C=O) groups excluding carboxylic acids is 1. The van der Waals surface area contributed by atoms with E-state index in [1.807, 2.05) is 19.9 Å². The van der Waals surface area contributed by atoms with Crippen molar-refractivity contribution in [3.63, 3.8) is 0 Å². The average molecular weight is 207 g/mol. The first kappa shape index (κ1) is 10.2. The molecule has 82 valence electrons. The molecule has 1 aromatic rings. The van der Waals surface area contributed by atoms with Gasteiger partial charge in [0.05, 0.1) is 0 Å². The number of carbonyl (C=O) groups is 1. The standard InChI is InChI=1S/C11H17N3O/c1-8-5-6-13-14(8)9(2)11(15)12-7-10-3-4-10/h5-6,9-10H,3-4,7H2,1-2H3,(H,12,15). The van der Waals surface area contributed by atoms with Gasteiger partial charge in [0.2, 0.25) is 5.91 Å². The minimum Gasteiger partial charge on any atom is -0.354 e. The Morgan fingerprint density at radius 2 is 2.47 bits per heavy atom. The highest BCUT2D eigenvalue weighted by Gasteiger charge is 2.23. The number of aryl methyl sites for hydroxylation is 1. The van der Waals surface area contributed by atoms with Gasteiger partial charge in [-0.2, -0.15) is 5.10 Å². The number of nitrogens with one attached hydrogen (secondary N) is 1. The quantitative estimate of drug-likeness (QED) is 0.808. The van der Waals surface area contributed by atoms with Crippen LogP contribution in [0.1, 0.15) is 31.5 Å². The summed E-state index contributed by atoms with van der Waals surface area (Å²) in [6.07, 6.45) is 4.24. The molecule has 0 saturated heterocycles. The normalized spacial score (nSPS) is 17.5. The van der Waals surface area contributed by atoms with Crippen molar-refractivity contribution in [1.29, 1.82) is 0 Å².